The second-order valence-corrected chi connectivity index (χ2v) is 4.40. The van der Waals surface area contributed by atoms with Crippen molar-refractivity contribution in [3.8, 4) is 0 Å². The number of carbonyl (C=O) groups is 1. The van der Waals surface area contributed by atoms with Crippen LogP contribution in [0.3, 0.4) is 0 Å². The zero-order valence-corrected chi connectivity index (χ0v) is 11.3. The molecule has 0 saturated carbocycles. The number of rotatable bonds is 1. The molecule has 1 amide bonds. The number of aromatic nitrogens is 1. The molecule has 1 aliphatic rings. The van der Waals surface area contributed by atoms with E-state index in [0.29, 0.717) is 24.7 Å². The molecule has 2 atom stereocenters. The summed E-state index contributed by atoms with van der Waals surface area (Å²) in [7, 11) is 0. The molecule has 18 heavy (non-hydrogen) atoms. The molecule has 1 aromatic rings. The predicted octanol–water partition coefficient (Wildman–Crippen LogP) is 1.33. The van der Waals surface area contributed by atoms with Crippen LogP contribution in [0.25, 0.3) is 0 Å². The fourth-order valence-electron chi connectivity index (χ4n) is 1.90. The van der Waals surface area contributed by atoms with Gasteiger partial charge in [0.2, 0.25) is 0 Å². The summed E-state index contributed by atoms with van der Waals surface area (Å²) in [5.41, 5.74) is 5.98. The molecule has 1 saturated heterocycles. The van der Waals surface area contributed by atoms with Gasteiger partial charge in [0, 0.05) is 6.54 Å². The molecule has 1 aliphatic heterocycles. The van der Waals surface area contributed by atoms with Crippen LogP contribution >= 0.6 is 12.4 Å². The Morgan fingerprint density at radius 3 is 2.89 bits per heavy atom. The molecule has 100 valence electrons. The summed E-state index contributed by atoms with van der Waals surface area (Å²) in [5.74, 6) is 0.282. The Labute approximate surface area is 113 Å². The molecule has 0 aromatic carbocycles. The number of nitrogens with zero attached hydrogens (tertiary/aromatic N) is 2. The summed E-state index contributed by atoms with van der Waals surface area (Å²) in [6.45, 7) is 5.08. The van der Waals surface area contributed by atoms with Gasteiger partial charge in [0.25, 0.3) is 5.91 Å². The van der Waals surface area contributed by atoms with Gasteiger partial charge in [-0.15, -0.1) is 12.4 Å². The Bertz CT molecular complexity index is 428. The number of anilines is 1. The van der Waals surface area contributed by atoms with E-state index in [0.717, 1.165) is 0 Å². The van der Waals surface area contributed by atoms with E-state index in [1.165, 1.54) is 0 Å². The van der Waals surface area contributed by atoms with E-state index in [4.69, 9.17) is 10.5 Å². The highest BCUT2D eigenvalue weighted by Gasteiger charge is 2.28. The van der Waals surface area contributed by atoms with Gasteiger partial charge in [-0.2, -0.15) is 0 Å². The number of ether oxygens (including phenoxy) is 1. The van der Waals surface area contributed by atoms with Crippen LogP contribution < -0.4 is 5.73 Å². The normalized spacial score (nSPS) is 23.3. The van der Waals surface area contributed by atoms with Gasteiger partial charge in [0.05, 0.1) is 18.8 Å². The quantitative estimate of drug-likeness (QED) is 0.837. The largest absolute Gasteiger partial charge is 0.384 e. The van der Waals surface area contributed by atoms with Crippen LogP contribution in [-0.4, -0.2) is 41.1 Å². The second-order valence-electron chi connectivity index (χ2n) is 4.40. The van der Waals surface area contributed by atoms with Crippen LogP contribution in [0.4, 0.5) is 5.82 Å². The third-order valence-electron chi connectivity index (χ3n) is 2.86. The third-order valence-corrected chi connectivity index (χ3v) is 2.86. The van der Waals surface area contributed by atoms with E-state index in [9.17, 15) is 4.79 Å². The highest BCUT2D eigenvalue weighted by molar-refractivity contribution is 5.93. The molecule has 2 unspecified atom stereocenters. The number of carbonyl (C=O) groups excluding carboxylic acids is 1. The molecule has 0 aliphatic carbocycles. The minimum absolute atomic E-state index is 0. The number of morpholine rings is 1. The lowest BCUT2D eigenvalue weighted by Gasteiger charge is -2.36. The number of hydrogen-bond acceptors (Lipinski definition) is 4. The summed E-state index contributed by atoms with van der Waals surface area (Å²) < 4.78 is 5.49. The van der Waals surface area contributed by atoms with Crippen molar-refractivity contribution >= 4 is 24.1 Å². The number of hydrogen-bond donors (Lipinski definition) is 1. The first-order valence-electron chi connectivity index (χ1n) is 5.73. The lowest BCUT2D eigenvalue weighted by molar-refractivity contribution is -0.0388. The fraction of sp³-hybridized carbons (Fsp3) is 0.500. The van der Waals surface area contributed by atoms with E-state index in [2.05, 4.69) is 4.98 Å². The van der Waals surface area contributed by atoms with Gasteiger partial charge < -0.3 is 15.4 Å². The van der Waals surface area contributed by atoms with Gasteiger partial charge in [0.15, 0.2) is 0 Å². The lowest BCUT2D eigenvalue weighted by Crippen LogP contribution is -2.50. The Hall–Kier alpha value is -1.33. The molecule has 1 aromatic heterocycles. The first kappa shape index (κ1) is 14.7. The van der Waals surface area contributed by atoms with Crippen LogP contribution in [-0.2, 0) is 4.74 Å². The smallest absolute Gasteiger partial charge is 0.272 e. The topological polar surface area (TPSA) is 68.5 Å². The van der Waals surface area contributed by atoms with Gasteiger partial charge >= 0.3 is 0 Å². The highest BCUT2D eigenvalue weighted by atomic mass is 35.5. The molecule has 5 nitrogen and oxygen atoms in total. The van der Waals surface area contributed by atoms with E-state index in [-0.39, 0.29) is 30.5 Å². The van der Waals surface area contributed by atoms with Crippen molar-refractivity contribution in [1.82, 2.24) is 9.88 Å². The Balaban J connectivity index is 0.00000162. The van der Waals surface area contributed by atoms with Gasteiger partial charge in [-0.3, -0.25) is 4.79 Å². The van der Waals surface area contributed by atoms with Gasteiger partial charge in [-0.25, -0.2) is 4.98 Å². The summed E-state index contributed by atoms with van der Waals surface area (Å²) in [5, 5.41) is 0. The predicted molar refractivity (Wildman–Crippen MR) is 71.8 cm³/mol. The first-order chi connectivity index (χ1) is 8.08. The van der Waals surface area contributed by atoms with Crippen LogP contribution in [0.1, 0.15) is 24.3 Å². The zero-order valence-electron chi connectivity index (χ0n) is 10.5. The van der Waals surface area contributed by atoms with Crippen LogP contribution in [0.15, 0.2) is 18.2 Å². The number of pyridine rings is 1. The average molecular weight is 272 g/mol. The molecule has 0 bridgehead atoms. The molecular formula is C12H18ClN3O2. The maximum Gasteiger partial charge on any atom is 0.272 e. The molecular weight excluding hydrogens is 254 g/mol. The lowest BCUT2D eigenvalue weighted by atomic mass is 10.2. The second kappa shape index (κ2) is 6.02. The molecule has 2 rings (SSSR count). The highest BCUT2D eigenvalue weighted by Crippen LogP contribution is 2.15. The molecule has 2 N–H and O–H groups in total. The van der Waals surface area contributed by atoms with Gasteiger partial charge in [0.1, 0.15) is 11.5 Å². The maximum atomic E-state index is 12.3. The summed E-state index contributed by atoms with van der Waals surface area (Å²) in [6.07, 6.45) is 0.0659. The van der Waals surface area contributed by atoms with Crippen LogP contribution in [0, 0.1) is 0 Å². The molecule has 0 spiro atoms. The van der Waals surface area contributed by atoms with Crippen molar-refractivity contribution in [2.75, 3.05) is 18.9 Å². The van der Waals surface area contributed by atoms with E-state index < -0.39 is 0 Å². The molecule has 6 heteroatoms. The number of amides is 1. The Morgan fingerprint density at radius 2 is 2.22 bits per heavy atom. The SMILES string of the molecule is CC1CN(C(=O)c2cccc(N)n2)C(C)CO1.Cl. The van der Waals surface area contributed by atoms with Crippen molar-refractivity contribution in [3.63, 3.8) is 0 Å². The Morgan fingerprint density at radius 1 is 1.50 bits per heavy atom. The van der Waals surface area contributed by atoms with E-state index in [1.807, 2.05) is 13.8 Å². The van der Waals surface area contributed by atoms with Crippen molar-refractivity contribution in [2.24, 2.45) is 0 Å². The van der Waals surface area contributed by atoms with Crippen molar-refractivity contribution < 1.29 is 9.53 Å². The standard InChI is InChI=1S/C12H17N3O2.ClH/c1-8-7-17-9(2)6-15(8)12(16)10-4-3-5-11(13)14-10;/h3-5,8-9H,6-7H2,1-2H3,(H2,13,14);1H. The zero-order chi connectivity index (χ0) is 12.4. The summed E-state index contributed by atoms with van der Waals surface area (Å²) >= 11 is 0. The molecule has 1 fully saturated rings. The minimum Gasteiger partial charge on any atom is -0.384 e. The van der Waals surface area contributed by atoms with E-state index in [1.54, 1.807) is 23.1 Å². The summed E-state index contributed by atoms with van der Waals surface area (Å²) in [4.78, 5) is 18.1. The minimum atomic E-state index is -0.0834. The van der Waals surface area contributed by atoms with Crippen molar-refractivity contribution in [3.05, 3.63) is 23.9 Å². The van der Waals surface area contributed by atoms with E-state index >= 15 is 0 Å². The van der Waals surface area contributed by atoms with Crippen LogP contribution in [0.2, 0.25) is 0 Å². The van der Waals surface area contributed by atoms with Gasteiger partial charge in [-0.1, -0.05) is 6.07 Å². The Kier molecular flexibility index (Phi) is 4.93. The maximum absolute atomic E-state index is 12.3. The van der Waals surface area contributed by atoms with Crippen LogP contribution in [0.5, 0.6) is 0 Å². The average Bonchev–Trinajstić information content (AvgIpc) is 2.31. The summed E-state index contributed by atoms with van der Waals surface area (Å²) in [6, 6.07) is 5.17. The monoisotopic (exact) mass is 271 g/mol. The third kappa shape index (κ3) is 3.11. The fourth-order valence-corrected chi connectivity index (χ4v) is 1.90. The van der Waals surface area contributed by atoms with Crippen molar-refractivity contribution in [1.29, 1.82) is 0 Å². The first-order valence-corrected chi connectivity index (χ1v) is 5.73. The number of nitrogen functional groups attached to an aromatic ring is 1. The number of halogens is 1. The molecule has 2 heterocycles. The van der Waals surface area contributed by atoms with Gasteiger partial charge in [-0.05, 0) is 26.0 Å². The number of nitrogens with two attached hydrogens (primary N) is 1. The van der Waals surface area contributed by atoms with Crippen molar-refractivity contribution in [2.45, 2.75) is 26.0 Å². The molecule has 0 radical (unpaired) electrons.